The number of fused-ring (bicyclic) bond motifs is 1. The zero-order valence-corrected chi connectivity index (χ0v) is 13.2. The van der Waals surface area contributed by atoms with E-state index < -0.39 is 11.5 Å². The van der Waals surface area contributed by atoms with Crippen LogP contribution in [-0.2, 0) is 16.9 Å². The standard InChI is InChI=1S/C19H19NO3/c1-13(2)19(23)16-11-7-6-10-15(16)17(21)20(18(19)22)12-14-8-4-3-5-9-14/h3-11,13,23H,12H2,1-2H3. The zero-order chi connectivity index (χ0) is 16.6. The lowest BCUT2D eigenvalue weighted by atomic mass is 9.77. The molecule has 4 nitrogen and oxygen atoms in total. The van der Waals surface area contributed by atoms with Crippen LogP contribution in [0.1, 0.15) is 35.3 Å². The van der Waals surface area contributed by atoms with Crippen molar-refractivity contribution in [2.24, 2.45) is 5.92 Å². The Kier molecular flexibility index (Phi) is 3.78. The van der Waals surface area contributed by atoms with Crippen LogP contribution in [-0.4, -0.2) is 21.8 Å². The lowest BCUT2D eigenvalue weighted by molar-refractivity contribution is -0.156. The summed E-state index contributed by atoms with van der Waals surface area (Å²) in [5.74, 6) is -1.26. The first-order chi connectivity index (χ1) is 11.0. The second kappa shape index (κ2) is 5.63. The number of amides is 2. The van der Waals surface area contributed by atoms with Crippen LogP contribution >= 0.6 is 0 Å². The highest BCUT2D eigenvalue weighted by Crippen LogP contribution is 2.38. The molecule has 1 aliphatic heterocycles. The van der Waals surface area contributed by atoms with Crippen molar-refractivity contribution >= 4 is 11.8 Å². The highest BCUT2D eigenvalue weighted by molar-refractivity contribution is 6.12. The van der Waals surface area contributed by atoms with Gasteiger partial charge in [0.25, 0.3) is 11.8 Å². The van der Waals surface area contributed by atoms with Crippen LogP contribution in [0.2, 0.25) is 0 Å². The monoisotopic (exact) mass is 309 g/mol. The van der Waals surface area contributed by atoms with Crippen molar-refractivity contribution in [3.63, 3.8) is 0 Å². The smallest absolute Gasteiger partial charge is 0.266 e. The molecule has 0 aliphatic carbocycles. The summed E-state index contributed by atoms with van der Waals surface area (Å²) in [6.07, 6.45) is 0. The Balaban J connectivity index is 2.10. The fourth-order valence-corrected chi connectivity index (χ4v) is 3.03. The number of imide groups is 1. The van der Waals surface area contributed by atoms with Crippen LogP contribution in [0.5, 0.6) is 0 Å². The number of nitrogens with zero attached hydrogens (tertiary/aromatic N) is 1. The van der Waals surface area contributed by atoms with Crippen molar-refractivity contribution in [1.82, 2.24) is 4.90 Å². The van der Waals surface area contributed by atoms with Crippen LogP contribution in [0, 0.1) is 5.92 Å². The van der Waals surface area contributed by atoms with E-state index in [9.17, 15) is 14.7 Å². The molecule has 118 valence electrons. The van der Waals surface area contributed by atoms with Crippen LogP contribution in [0.25, 0.3) is 0 Å². The quantitative estimate of drug-likeness (QED) is 0.887. The molecule has 4 heteroatoms. The first kappa shape index (κ1) is 15.4. The van der Waals surface area contributed by atoms with Gasteiger partial charge in [-0.2, -0.15) is 0 Å². The third-order valence-electron chi connectivity index (χ3n) is 4.40. The van der Waals surface area contributed by atoms with Crippen LogP contribution < -0.4 is 0 Å². The fraction of sp³-hybridized carbons (Fsp3) is 0.263. The Morgan fingerprint density at radius 1 is 1.00 bits per heavy atom. The highest BCUT2D eigenvalue weighted by Gasteiger charge is 2.51. The maximum absolute atomic E-state index is 12.9. The van der Waals surface area contributed by atoms with E-state index >= 15 is 0 Å². The van der Waals surface area contributed by atoms with Crippen molar-refractivity contribution in [2.75, 3.05) is 0 Å². The van der Waals surface area contributed by atoms with Gasteiger partial charge in [0, 0.05) is 11.1 Å². The SMILES string of the molecule is CC(C)C1(O)C(=O)N(Cc2ccccc2)C(=O)c2ccccc21. The van der Waals surface area contributed by atoms with E-state index in [1.165, 1.54) is 0 Å². The summed E-state index contributed by atoms with van der Waals surface area (Å²) < 4.78 is 0. The molecule has 0 fully saturated rings. The topological polar surface area (TPSA) is 57.6 Å². The van der Waals surface area contributed by atoms with Gasteiger partial charge < -0.3 is 5.11 Å². The minimum atomic E-state index is -1.68. The van der Waals surface area contributed by atoms with Crippen molar-refractivity contribution in [3.8, 4) is 0 Å². The maximum Gasteiger partial charge on any atom is 0.266 e. The number of carbonyl (C=O) groups excluding carboxylic acids is 2. The van der Waals surface area contributed by atoms with Gasteiger partial charge in [-0.3, -0.25) is 14.5 Å². The van der Waals surface area contributed by atoms with E-state index in [4.69, 9.17) is 0 Å². The third kappa shape index (κ3) is 2.35. The second-order valence-corrected chi connectivity index (χ2v) is 6.15. The molecule has 3 rings (SSSR count). The summed E-state index contributed by atoms with van der Waals surface area (Å²) in [5.41, 5.74) is -0.0486. The van der Waals surface area contributed by atoms with Crippen molar-refractivity contribution in [2.45, 2.75) is 26.0 Å². The minimum absolute atomic E-state index is 0.155. The van der Waals surface area contributed by atoms with E-state index in [-0.39, 0.29) is 18.4 Å². The van der Waals surface area contributed by atoms with Crippen molar-refractivity contribution in [3.05, 3.63) is 71.3 Å². The predicted octanol–water partition coefficient (Wildman–Crippen LogP) is 2.71. The van der Waals surface area contributed by atoms with Gasteiger partial charge in [0.2, 0.25) is 0 Å². The summed E-state index contributed by atoms with van der Waals surface area (Å²) in [6.45, 7) is 3.72. The van der Waals surface area contributed by atoms with Gasteiger partial charge in [-0.05, 0) is 17.5 Å². The highest BCUT2D eigenvalue weighted by atomic mass is 16.3. The normalized spacial score (nSPS) is 20.8. The molecule has 0 saturated heterocycles. The molecule has 1 N–H and O–H groups in total. The van der Waals surface area contributed by atoms with E-state index in [2.05, 4.69) is 0 Å². The molecule has 1 atom stereocenters. The van der Waals surface area contributed by atoms with Gasteiger partial charge in [0.05, 0.1) is 6.54 Å². The van der Waals surface area contributed by atoms with Crippen molar-refractivity contribution in [1.29, 1.82) is 0 Å². The minimum Gasteiger partial charge on any atom is -0.375 e. The summed E-state index contributed by atoms with van der Waals surface area (Å²) in [7, 11) is 0. The summed E-state index contributed by atoms with van der Waals surface area (Å²) in [4.78, 5) is 26.8. The van der Waals surface area contributed by atoms with Gasteiger partial charge in [-0.25, -0.2) is 0 Å². The Bertz CT molecular complexity index is 754. The van der Waals surface area contributed by atoms with Gasteiger partial charge in [0.1, 0.15) is 0 Å². The molecule has 2 amide bonds. The van der Waals surface area contributed by atoms with E-state index in [1.807, 2.05) is 30.3 Å². The van der Waals surface area contributed by atoms with Gasteiger partial charge in [0.15, 0.2) is 5.60 Å². The zero-order valence-electron chi connectivity index (χ0n) is 13.2. The molecule has 0 bridgehead atoms. The molecule has 2 aromatic carbocycles. The van der Waals surface area contributed by atoms with Gasteiger partial charge in [-0.1, -0.05) is 62.4 Å². The molecule has 1 heterocycles. The van der Waals surface area contributed by atoms with Gasteiger partial charge in [-0.15, -0.1) is 0 Å². The summed E-state index contributed by atoms with van der Waals surface area (Å²) in [5, 5.41) is 11.1. The number of hydrogen-bond donors (Lipinski definition) is 1. The molecule has 0 spiro atoms. The van der Waals surface area contributed by atoms with E-state index in [1.54, 1.807) is 38.1 Å². The van der Waals surface area contributed by atoms with Gasteiger partial charge >= 0.3 is 0 Å². The molecule has 1 unspecified atom stereocenters. The molecular weight excluding hydrogens is 290 g/mol. The van der Waals surface area contributed by atoms with Crippen molar-refractivity contribution < 1.29 is 14.7 Å². The molecular formula is C19H19NO3. The maximum atomic E-state index is 12.9. The van der Waals surface area contributed by atoms with Crippen LogP contribution in [0.3, 0.4) is 0 Å². The molecule has 0 saturated carbocycles. The Morgan fingerprint density at radius 2 is 1.61 bits per heavy atom. The Labute approximate surface area is 135 Å². The Morgan fingerprint density at radius 3 is 2.26 bits per heavy atom. The number of carbonyl (C=O) groups is 2. The first-order valence-corrected chi connectivity index (χ1v) is 7.68. The van der Waals surface area contributed by atoms with E-state index in [0.29, 0.717) is 11.1 Å². The number of hydrogen-bond acceptors (Lipinski definition) is 3. The summed E-state index contributed by atoms with van der Waals surface area (Å²) in [6, 6.07) is 16.1. The first-order valence-electron chi connectivity index (χ1n) is 7.68. The summed E-state index contributed by atoms with van der Waals surface area (Å²) >= 11 is 0. The van der Waals surface area contributed by atoms with E-state index in [0.717, 1.165) is 10.5 Å². The number of aliphatic hydroxyl groups is 1. The van der Waals surface area contributed by atoms with Crippen LogP contribution in [0.4, 0.5) is 0 Å². The molecule has 2 aromatic rings. The molecule has 1 aliphatic rings. The molecule has 0 aromatic heterocycles. The Hall–Kier alpha value is -2.46. The lowest BCUT2D eigenvalue weighted by Crippen LogP contribution is -2.56. The largest absolute Gasteiger partial charge is 0.375 e. The average molecular weight is 309 g/mol. The predicted molar refractivity (Wildman–Crippen MR) is 86.5 cm³/mol. The molecule has 23 heavy (non-hydrogen) atoms. The third-order valence-corrected chi connectivity index (χ3v) is 4.40. The lowest BCUT2D eigenvalue weighted by Gasteiger charge is -2.40. The number of rotatable bonds is 3. The second-order valence-electron chi connectivity index (χ2n) is 6.15. The fourth-order valence-electron chi connectivity index (χ4n) is 3.03. The average Bonchev–Trinajstić information content (AvgIpc) is 2.57. The van der Waals surface area contributed by atoms with Crippen LogP contribution in [0.15, 0.2) is 54.6 Å². The number of benzene rings is 2. The molecule has 0 radical (unpaired) electrons.